The number of aromatic nitrogens is 1. The van der Waals surface area contributed by atoms with Crippen LogP contribution in [0.3, 0.4) is 0 Å². The summed E-state index contributed by atoms with van der Waals surface area (Å²) < 4.78 is 10.5. The summed E-state index contributed by atoms with van der Waals surface area (Å²) in [5.74, 6) is 1.82. The number of rotatable bonds is 3. The van der Waals surface area contributed by atoms with E-state index < -0.39 is 0 Å². The summed E-state index contributed by atoms with van der Waals surface area (Å²) >= 11 is 5.88. The summed E-state index contributed by atoms with van der Waals surface area (Å²) in [4.78, 5) is 4.28. The topological polar surface area (TPSA) is 31.4 Å². The van der Waals surface area contributed by atoms with Crippen molar-refractivity contribution >= 4 is 34.9 Å². The van der Waals surface area contributed by atoms with Gasteiger partial charge in [0.2, 0.25) is 0 Å². The van der Waals surface area contributed by atoms with Crippen molar-refractivity contribution < 1.29 is 9.47 Å². The predicted molar refractivity (Wildman–Crippen MR) is 71.7 cm³/mol. The lowest BCUT2D eigenvalue weighted by molar-refractivity contribution is 0.356. The van der Waals surface area contributed by atoms with E-state index in [0.29, 0.717) is 17.4 Å². The maximum Gasteiger partial charge on any atom is 0.162 e. The largest absolute Gasteiger partial charge is 0.493 e. The molecule has 1 heterocycles. The Bertz CT molecular complexity index is 517. The van der Waals surface area contributed by atoms with E-state index >= 15 is 0 Å². The monoisotopic (exact) mass is 273 g/mol. The van der Waals surface area contributed by atoms with Crippen molar-refractivity contribution in [1.29, 1.82) is 0 Å². The fourth-order valence-corrected chi connectivity index (χ4v) is 1.88. The number of fused-ring (bicyclic) bond motifs is 1. The van der Waals surface area contributed by atoms with E-state index in [9.17, 15) is 0 Å². The minimum Gasteiger partial charge on any atom is -0.493 e. The minimum absolute atomic E-state index is 0. The third-order valence-corrected chi connectivity index (χ3v) is 2.77. The van der Waals surface area contributed by atoms with Crippen LogP contribution < -0.4 is 9.47 Å². The Morgan fingerprint density at radius 3 is 2.41 bits per heavy atom. The Hall–Kier alpha value is -1.19. The Morgan fingerprint density at radius 2 is 1.82 bits per heavy atom. The van der Waals surface area contributed by atoms with Gasteiger partial charge in [0.05, 0.1) is 19.7 Å². The molecule has 3 nitrogen and oxygen atoms in total. The fraction of sp³-hybridized carbons (Fsp3) is 0.250. The van der Waals surface area contributed by atoms with Gasteiger partial charge in [0.1, 0.15) is 0 Å². The molecule has 0 saturated heterocycles. The lowest BCUT2D eigenvalue weighted by Gasteiger charge is -2.10. The molecule has 0 atom stereocenters. The second-order valence-corrected chi connectivity index (χ2v) is 3.60. The molecule has 1 aromatic carbocycles. The standard InChI is InChI=1S/C12H12ClNO2.ClH/c1-15-11-5-9-8(7-13)3-4-14-10(9)6-12(11)16-2;/h3-6H,7H2,1-2H3;1H. The third-order valence-electron chi connectivity index (χ3n) is 2.48. The molecule has 0 unspecified atom stereocenters. The molecular formula is C12H13Cl2NO2. The molecule has 0 bridgehead atoms. The SMILES string of the molecule is COc1cc2nccc(CCl)c2cc1OC.Cl. The summed E-state index contributed by atoms with van der Waals surface area (Å²) in [6.07, 6.45) is 1.74. The molecule has 0 N–H and O–H groups in total. The molecule has 5 heteroatoms. The quantitative estimate of drug-likeness (QED) is 0.804. The predicted octanol–water partition coefficient (Wildman–Crippen LogP) is 3.41. The van der Waals surface area contributed by atoms with Crippen molar-refractivity contribution in [3.05, 3.63) is 30.0 Å². The number of hydrogen-bond acceptors (Lipinski definition) is 3. The van der Waals surface area contributed by atoms with Crippen molar-refractivity contribution in [2.75, 3.05) is 14.2 Å². The molecule has 1 aromatic heterocycles. The van der Waals surface area contributed by atoms with E-state index in [1.54, 1.807) is 20.4 Å². The van der Waals surface area contributed by atoms with Crippen LogP contribution in [0.5, 0.6) is 11.5 Å². The van der Waals surface area contributed by atoms with Crippen LogP contribution >= 0.6 is 24.0 Å². The van der Waals surface area contributed by atoms with Crippen molar-refractivity contribution in [2.45, 2.75) is 5.88 Å². The molecule has 0 aliphatic carbocycles. The van der Waals surface area contributed by atoms with Crippen LogP contribution in [-0.2, 0) is 5.88 Å². The van der Waals surface area contributed by atoms with Gasteiger partial charge in [-0.1, -0.05) is 0 Å². The third kappa shape index (κ3) is 2.56. The summed E-state index contributed by atoms with van der Waals surface area (Å²) in [6.45, 7) is 0. The van der Waals surface area contributed by atoms with Gasteiger partial charge in [-0.15, -0.1) is 24.0 Å². The lowest BCUT2D eigenvalue weighted by atomic mass is 10.1. The highest BCUT2D eigenvalue weighted by Gasteiger charge is 2.08. The zero-order chi connectivity index (χ0) is 11.5. The number of methoxy groups -OCH3 is 2. The number of pyridine rings is 1. The van der Waals surface area contributed by atoms with Gasteiger partial charge >= 0.3 is 0 Å². The first-order chi connectivity index (χ1) is 7.80. The molecule has 0 spiro atoms. The van der Waals surface area contributed by atoms with Crippen LogP contribution in [0.4, 0.5) is 0 Å². The smallest absolute Gasteiger partial charge is 0.162 e. The molecule has 17 heavy (non-hydrogen) atoms. The number of alkyl halides is 1. The first-order valence-corrected chi connectivity index (χ1v) is 5.39. The maximum atomic E-state index is 5.88. The minimum atomic E-state index is 0. The normalized spacial score (nSPS) is 9.82. The summed E-state index contributed by atoms with van der Waals surface area (Å²) in [5, 5.41) is 0.996. The average molecular weight is 274 g/mol. The zero-order valence-electron chi connectivity index (χ0n) is 9.57. The molecule has 0 aliphatic heterocycles. The van der Waals surface area contributed by atoms with Crippen LogP contribution in [0.15, 0.2) is 24.4 Å². The van der Waals surface area contributed by atoms with Gasteiger partial charge in [0.15, 0.2) is 11.5 Å². The van der Waals surface area contributed by atoms with Crippen LogP contribution in [0.1, 0.15) is 5.56 Å². The highest BCUT2D eigenvalue weighted by Crippen LogP contribution is 2.32. The number of ether oxygens (including phenoxy) is 2. The highest BCUT2D eigenvalue weighted by molar-refractivity contribution is 6.18. The zero-order valence-corrected chi connectivity index (χ0v) is 11.1. The average Bonchev–Trinajstić information content (AvgIpc) is 2.36. The van der Waals surface area contributed by atoms with Crippen LogP contribution in [0.25, 0.3) is 10.9 Å². The van der Waals surface area contributed by atoms with Gasteiger partial charge < -0.3 is 9.47 Å². The van der Waals surface area contributed by atoms with Crippen LogP contribution in [0.2, 0.25) is 0 Å². The Labute approximate surface area is 111 Å². The molecule has 0 aliphatic rings. The van der Waals surface area contributed by atoms with Crippen molar-refractivity contribution in [3.63, 3.8) is 0 Å². The molecule has 0 amide bonds. The Balaban J connectivity index is 0.00000144. The molecule has 0 fully saturated rings. The van der Waals surface area contributed by atoms with Crippen molar-refractivity contribution in [3.8, 4) is 11.5 Å². The number of nitrogens with zero attached hydrogens (tertiary/aromatic N) is 1. The Morgan fingerprint density at radius 1 is 1.18 bits per heavy atom. The summed E-state index contributed by atoms with van der Waals surface area (Å²) in [7, 11) is 3.22. The van der Waals surface area contributed by atoms with E-state index in [2.05, 4.69) is 4.98 Å². The van der Waals surface area contributed by atoms with Gasteiger partial charge in [-0.3, -0.25) is 4.98 Å². The van der Waals surface area contributed by atoms with E-state index in [-0.39, 0.29) is 12.4 Å². The van der Waals surface area contributed by atoms with Crippen LogP contribution in [0, 0.1) is 0 Å². The van der Waals surface area contributed by atoms with Gasteiger partial charge in [-0.25, -0.2) is 0 Å². The second-order valence-electron chi connectivity index (χ2n) is 3.33. The van der Waals surface area contributed by atoms with Gasteiger partial charge in [-0.05, 0) is 17.7 Å². The molecule has 2 aromatic rings. The molecule has 2 rings (SSSR count). The fourth-order valence-electron chi connectivity index (χ4n) is 1.65. The summed E-state index contributed by atoms with van der Waals surface area (Å²) in [5.41, 5.74) is 1.89. The Kier molecular flexibility index (Phi) is 4.85. The number of halogens is 2. The second kappa shape index (κ2) is 5.94. The van der Waals surface area contributed by atoms with E-state index in [4.69, 9.17) is 21.1 Å². The summed E-state index contributed by atoms with van der Waals surface area (Å²) in [6, 6.07) is 5.66. The van der Waals surface area contributed by atoms with Gasteiger partial charge in [0, 0.05) is 23.5 Å². The molecule has 0 saturated carbocycles. The maximum absolute atomic E-state index is 5.88. The number of hydrogen-bond donors (Lipinski definition) is 0. The lowest BCUT2D eigenvalue weighted by Crippen LogP contribution is -1.93. The van der Waals surface area contributed by atoms with E-state index in [1.165, 1.54) is 0 Å². The molecule has 92 valence electrons. The first kappa shape index (κ1) is 13.9. The van der Waals surface area contributed by atoms with Crippen molar-refractivity contribution in [1.82, 2.24) is 4.98 Å². The van der Waals surface area contributed by atoms with E-state index in [1.807, 2.05) is 18.2 Å². The van der Waals surface area contributed by atoms with Crippen LogP contribution in [-0.4, -0.2) is 19.2 Å². The van der Waals surface area contributed by atoms with Gasteiger partial charge in [-0.2, -0.15) is 0 Å². The highest BCUT2D eigenvalue weighted by atomic mass is 35.5. The van der Waals surface area contributed by atoms with Gasteiger partial charge in [0.25, 0.3) is 0 Å². The van der Waals surface area contributed by atoms with Crippen molar-refractivity contribution in [2.24, 2.45) is 0 Å². The first-order valence-electron chi connectivity index (χ1n) is 4.85. The molecule has 0 radical (unpaired) electrons. The molecular weight excluding hydrogens is 261 g/mol. The van der Waals surface area contributed by atoms with E-state index in [0.717, 1.165) is 16.5 Å². The number of benzene rings is 1.